The van der Waals surface area contributed by atoms with Crippen LogP contribution in [0.1, 0.15) is 76.8 Å². The first-order valence-corrected chi connectivity index (χ1v) is 13.8. The third-order valence-electron chi connectivity index (χ3n) is 8.59. The first kappa shape index (κ1) is 26.4. The summed E-state index contributed by atoms with van der Waals surface area (Å²) in [5.74, 6) is -0.0323. The molecule has 1 saturated carbocycles. The number of aromatic carboxylic acids is 1. The van der Waals surface area contributed by atoms with Gasteiger partial charge in [0, 0.05) is 24.3 Å². The molecule has 2 heterocycles. The minimum Gasteiger partial charge on any atom is -0.478 e. The number of rotatable bonds is 7. The summed E-state index contributed by atoms with van der Waals surface area (Å²) in [5, 5.41) is 15.6. The molecule has 5 N–H and O–H groups in total. The molecule has 3 atom stereocenters. The molecular weight excluding hydrogens is 480 g/mol. The van der Waals surface area contributed by atoms with E-state index in [0.29, 0.717) is 42.1 Å². The molecule has 2 aromatic carbocycles. The number of carboxylic acid groups (broad SMARTS) is 1. The maximum Gasteiger partial charge on any atom is 0.335 e. The fourth-order valence-electron chi connectivity index (χ4n) is 6.39. The van der Waals surface area contributed by atoms with E-state index >= 15 is 0 Å². The Labute approximate surface area is 224 Å². The molecule has 5 rings (SSSR count). The van der Waals surface area contributed by atoms with Crippen molar-refractivity contribution in [3.63, 3.8) is 0 Å². The summed E-state index contributed by atoms with van der Waals surface area (Å²) in [5.41, 5.74) is 9.52. The number of hydrogen-bond donors (Lipinski definition) is 4. The topological polar surface area (TPSA) is 125 Å². The number of nitrogens with one attached hydrogen (secondary N) is 2. The van der Waals surface area contributed by atoms with Crippen molar-refractivity contribution < 1.29 is 19.5 Å². The lowest BCUT2D eigenvalue weighted by molar-refractivity contribution is -0.124. The molecule has 3 aliphatic rings. The summed E-state index contributed by atoms with van der Waals surface area (Å²) in [6.07, 6.45) is 5.31. The van der Waals surface area contributed by atoms with E-state index in [-0.39, 0.29) is 23.3 Å². The van der Waals surface area contributed by atoms with Crippen LogP contribution in [0.15, 0.2) is 42.5 Å². The molecule has 0 spiro atoms. The molecule has 38 heavy (non-hydrogen) atoms. The van der Waals surface area contributed by atoms with Gasteiger partial charge >= 0.3 is 5.97 Å². The van der Waals surface area contributed by atoms with Crippen molar-refractivity contribution in [2.45, 2.75) is 57.5 Å². The van der Waals surface area contributed by atoms with E-state index in [9.17, 15) is 19.5 Å². The van der Waals surface area contributed by atoms with Crippen molar-refractivity contribution in [1.29, 1.82) is 0 Å². The molecule has 2 amide bonds. The van der Waals surface area contributed by atoms with Gasteiger partial charge in [0.15, 0.2) is 0 Å². The van der Waals surface area contributed by atoms with Gasteiger partial charge in [-0.15, -0.1) is 0 Å². The molecule has 2 saturated heterocycles. The number of carbonyl (C=O) groups is 3. The number of likely N-dealkylation sites (tertiary alicyclic amines) is 1. The monoisotopic (exact) mass is 518 g/mol. The summed E-state index contributed by atoms with van der Waals surface area (Å²) < 4.78 is 0. The fraction of sp³-hybridized carbons (Fsp3) is 0.500. The van der Waals surface area contributed by atoms with E-state index in [1.54, 1.807) is 17.0 Å². The second kappa shape index (κ2) is 11.3. The smallest absolute Gasteiger partial charge is 0.335 e. The van der Waals surface area contributed by atoms with Gasteiger partial charge in [-0.2, -0.15) is 0 Å². The molecule has 1 aliphatic carbocycles. The molecule has 8 heteroatoms. The van der Waals surface area contributed by atoms with Crippen LogP contribution in [0.5, 0.6) is 0 Å². The van der Waals surface area contributed by atoms with Crippen LogP contribution in [0.25, 0.3) is 0 Å². The zero-order chi connectivity index (χ0) is 26.8. The first-order valence-electron chi connectivity index (χ1n) is 13.8. The first-order chi connectivity index (χ1) is 18.4. The van der Waals surface area contributed by atoms with Crippen LogP contribution in [-0.4, -0.2) is 53.5 Å². The van der Waals surface area contributed by atoms with Crippen LogP contribution in [0.3, 0.4) is 0 Å². The molecule has 0 radical (unpaired) electrons. The van der Waals surface area contributed by atoms with Gasteiger partial charge in [0.2, 0.25) is 5.91 Å². The van der Waals surface area contributed by atoms with E-state index in [2.05, 4.69) is 17.6 Å². The minimum atomic E-state index is -1.02. The summed E-state index contributed by atoms with van der Waals surface area (Å²) in [7, 11) is 0. The zero-order valence-corrected chi connectivity index (χ0v) is 22.0. The van der Waals surface area contributed by atoms with Crippen molar-refractivity contribution in [2.24, 2.45) is 23.5 Å². The normalized spacial score (nSPS) is 24.2. The van der Waals surface area contributed by atoms with E-state index in [1.807, 2.05) is 18.2 Å². The molecule has 2 aromatic rings. The number of piperidine rings is 2. The summed E-state index contributed by atoms with van der Waals surface area (Å²) >= 11 is 0. The number of anilines is 1. The van der Waals surface area contributed by atoms with Crippen LogP contribution in [0.4, 0.5) is 5.69 Å². The largest absolute Gasteiger partial charge is 0.478 e. The highest BCUT2D eigenvalue weighted by atomic mass is 16.4. The SMILES string of the molecule is C[C@@H]1CC(C2CCNCC2)CN(C(=O)c2ccc(CN)c(C3CC3)c2)[C@@H]1C(=O)Nc1ccc(C(=O)O)cc1. The van der Waals surface area contributed by atoms with Gasteiger partial charge in [-0.1, -0.05) is 13.0 Å². The lowest BCUT2D eigenvalue weighted by Crippen LogP contribution is -2.57. The Morgan fingerprint density at radius 2 is 1.68 bits per heavy atom. The molecule has 8 nitrogen and oxygen atoms in total. The van der Waals surface area contributed by atoms with Crippen LogP contribution in [0.2, 0.25) is 0 Å². The maximum atomic E-state index is 14.1. The molecule has 0 aromatic heterocycles. The number of nitrogens with two attached hydrogens (primary N) is 1. The molecule has 202 valence electrons. The quantitative estimate of drug-likeness (QED) is 0.442. The fourth-order valence-corrected chi connectivity index (χ4v) is 6.39. The van der Waals surface area contributed by atoms with Crippen LogP contribution < -0.4 is 16.4 Å². The molecular formula is C30H38N4O4. The number of carbonyl (C=O) groups excluding carboxylic acids is 2. The number of carboxylic acids is 1. The Kier molecular flexibility index (Phi) is 7.81. The van der Waals surface area contributed by atoms with Crippen LogP contribution in [-0.2, 0) is 11.3 Å². The van der Waals surface area contributed by atoms with Crippen molar-refractivity contribution in [3.8, 4) is 0 Å². The molecule has 1 unspecified atom stereocenters. The standard InChI is InChI=1S/C30H38N4O4/c1-18-14-24(19-10-12-32-13-11-19)17-34(27(18)28(35)33-25-8-6-21(7-9-25)30(37)38)29(36)22-4-5-23(16-31)26(15-22)20-2-3-20/h4-9,15,18-20,24,27,32H,2-3,10-14,16-17,31H2,1H3,(H,33,35)(H,37,38)/t18-,24?,27+/m1/s1. The zero-order valence-electron chi connectivity index (χ0n) is 22.0. The number of benzene rings is 2. The van der Waals surface area contributed by atoms with Gasteiger partial charge in [-0.3, -0.25) is 9.59 Å². The highest BCUT2D eigenvalue weighted by Crippen LogP contribution is 2.42. The minimum absolute atomic E-state index is 0.0166. The van der Waals surface area contributed by atoms with E-state index in [0.717, 1.165) is 56.3 Å². The van der Waals surface area contributed by atoms with Crippen molar-refractivity contribution in [1.82, 2.24) is 10.2 Å². The third-order valence-corrected chi connectivity index (χ3v) is 8.59. The van der Waals surface area contributed by atoms with Gasteiger partial charge in [0.25, 0.3) is 5.91 Å². The van der Waals surface area contributed by atoms with E-state index in [1.165, 1.54) is 12.1 Å². The Morgan fingerprint density at radius 1 is 1.00 bits per heavy atom. The molecule has 2 aliphatic heterocycles. The summed E-state index contributed by atoms with van der Waals surface area (Å²) in [6.45, 7) is 5.06. The van der Waals surface area contributed by atoms with Crippen LogP contribution in [0, 0.1) is 17.8 Å². The Morgan fingerprint density at radius 3 is 2.32 bits per heavy atom. The second-order valence-electron chi connectivity index (χ2n) is 11.2. The highest BCUT2D eigenvalue weighted by Gasteiger charge is 2.43. The summed E-state index contributed by atoms with van der Waals surface area (Å²) in [4.78, 5) is 40.8. The summed E-state index contributed by atoms with van der Waals surface area (Å²) in [6, 6.07) is 11.3. The lowest BCUT2D eigenvalue weighted by Gasteiger charge is -2.46. The lowest BCUT2D eigenvalue weighted by atomic mass is 9.74. The van der Waals surface area contributed by atoms with Crippen molar-refractivity contribution >= 4 is 23.5 Å². The van der Waals surface area contributed by atoms with Gasteiger partial charge in [0.05, 0.1) is 5.56 Å². The number of hydrogen-bond acceptors (Lipinski definition) is 5. The van der Waals surface area contributed by atoms with E-state index in [4.69, 9.17) is 5.73 Å². The van der Waals surface area contributed by atoms with E-state index < -0.39 is 12.0 Å². The average molecular weight is 519 g/mol. The predicted octanol–water partition coefficient (Wildman–Crippen LogP) is 3.83. The van der Waals surface area contributed by atoms with Gasteiger partial charge < -0.3 is 26.4 Å². The Balaban J connectivity index is 1.42. The van der Waals surface area contributed by atoms with Gasteiger partial charge in [-0.25, -0.2) is 4.79 Å². The molecule has 0 bridgehead atoms. The average Bonchev–Trinajstić information content (AvgIpc) is 3.78. The van der Waals surface area contributed by atoms with Crippen molar-refractivity contribution in [2.75, 3.05) is 25.0 Å². The highest BCUT2D eigenvalue weighted by molar-refractivity contribution is 6.02. The Bertz CT molecular complexity index is 1190. The van der Waals surface area contributed by atoms with Gasteiger partial charge in [-0.05, 0) is 116 Å². The van der Waals surface area contributed by atoms with Crippen LogP contribution >= 0.6 is 0 Å². The third kappa shape index (κ3) is 5.61. The van der Waals surface area contributed by atoms with Gasteiger partial charge in [0.1, 0.15) is 6.04 Å². The predicted molar refractivity (Wildman–Crippen MR) is 146 cm³/mol. The number of amides is 2. The second-order valence-corrected chi connectivity index (χ2v) is 11.2. The number of nitrogens with zero attached hydrogens (tertiary/aromatic N) is 1. The maximum absolute atomic E-state index is 14.1. The molecule has 3 fully saturated rings. The van der Waals surface area contributed by atoms with Crippen molar-refractivity contribution in [3.05, 3.63) is 64.7 Å². The Hall–Kier alpha value is -3.23.